The van der Waals surface area contributed by atoms with Gasteiger partial charge in [0.1, 0.15) is 10.6 Å². The zero-order chi connectivity index (χ0) is 19.6. The third-order valence-corrected chi connectivity index (χ3v) is 6.06. The number of benzene rings is 1. The number of nitrogens with zero attached hydrogens (tertiary/aromatic N) is 3. The van der Waals surface area contributed by atoms with E-state index in [1.807, 2.05) is 13.0 Å². The minimum absolute atomic E-state index is 0.0221. The second kappa shape index (κ2) is 6.04. The Morgan fingerprint density at radius 2 is 1.93 bits per heavy atom. The second-order valence-electron chi connectivity index (χ2n) is 7.43. The molecule has 2 aromatic heterocycles. The van der Waals surface area contributed by atoms with E-state index >= 15 is 0 Å². The van der Waals surface area contributed by atoms with Crippen LogP contribution in [0.4, 0.5) is 29.3 Å². The molecule has 2 fully saturated rings. The van der Waals surface area contributed by atoms with Gasteiger partial charge in [0.05, 0.1) is 18.5 Å². The van der Waals surface area contributed by atoms with Crippen LogP contribution in [-0.4, -0.2) is 35.0 Å². The van der Waals surface area contributed by atoms with E-state index < -0.39 is 17.6 Å². The lowest BCUT2D eigenvalue weighted by Crippen LogP contribution is -2.57. The van der Waals surface area contributed by atoms with Crippen molar-refractivity contribution in [2.45, 2.75) is 31.2 Å². The topological polar surface area (TPSA) is 41.1 Å². The van der Waals surface area contributed by atoms with Crippen molar-refractivity contribution in [2.24, 2.45) is 0 Å². The van der Waals surface area contributed by atoms with Gasteiger partial charge in [0.2, 0.25) is 5.95 Å². The van der Waals surface area contributed by atoms with E-state index in [9.17, 15) is 17.6 Å². The summed E-state index contributed by atoms with van der Waals surface area (Å²) in [6, 6.07) is 5.93. The Balaban J connectivity index is 1.41. The Morgan fingerprint density at radius 3 is 2.64 bits per heavy atom. The normalized spacial score (nSPS) is 23.0. The molecule has 28 heavy (non-hydrogen) atoms. The van der Waals surface area contributed by atoms with Crippen LogP contribution in [0, 0.1) is 18.6 Å². The molecule has 1 saturated heterocycles. The number of halogens is 4. The summed E-state index contributed by atoms with van der Waals surface area (Å²) in [7, 11) is 0. The average molecular weight is 408 g/mol. The molecular weight excluding hydrogens is 392 g/mol. The number of rotatable bonds is 4. The molecule has 0 unspecified atom stereocenters. The fourth-order valence-electron chi connectivity index (χ4n) is 3.58. The number of alkyl halides is 2. The van der Waals surface area contributed by atoms with Gasteiger partial charge in [0, 0.05) is 16.8 Å². The number of hydrogen-bond acceptors (Lipinski definition) is 5. The molecule has 0 radical (unpaired) electrons. The Morgan fingerprint density at radius 1 is 1.14 bits per heavy atom. The Labute approximate surface area is 162 Å². The predicted octanol–water partition coefficient (Wildman–Crippen LogP) is 4.70. The summed E-state index contributed by atoms with van der Waals surface area (Å²) in [5, 5.41) is 4.19. The van der Waals surface area contributed by atoms with Gasteiger partial charge in [-0.15, -0.1) is 11.3 Å². The molecule has 2 atom stereocenters. The minimum Gasteiger partial charge on any atom is -0.366 e. The molecule has 1 aliphatic heterocycles. The fraction of sp³-hybridized carbons (Fsp3) is 0.368. The van der Waals surface area contributed by atoms with E-state index in [1.165, 1.54) is 22.3 Å². The highest BCUT2D eigenvalue weighted by atomic mass is 32.1. The average Bonchev–Trinajstić information content (AvgIpc) is 3.26. The Kier molecular flexibility index (Phi) is 3.81. The summed E-state index contributed by atoms with van der Waals surface area (Å²) in [5.74, 6) is -3.50. The molecule has 1 aliphatic carbocycles. The summed E-state index contributed by atoms with van der Waals surface area (Å²) in [4.78, 5) is 12.2. The lowest BCUT2D eigenvalue weighted by molar-refractivity contribution is -0.0271. The van der Waals surface area contributed by atoms with Crippen molar-refractivity contribution in [1.29, 1.82) is 0 Å². The highest BCUT2D eigenvalue weighted by Crippen LogP contribution is 2.44. The molecule has 1 aromatic carbocycles. The van der Waals surface area contributed by atoms with E-state index in [0.717, 1.165) is 33.1 Å². The van der Waals surface area contributed by atoms with Gasteiger partial charge >= 0.3 is 0 Å². The highest BCUT2D eigenvalue weighted by molar-refractivity contribution is 7.18. The SMILES string of the molecule is Cc1cc2c(N[C@@H]3C[C@H]3c3ccc(F)c(F)c3)nc(N3CC(F)(F)C3)nc2s1. The molecule has 0 bridgehead atoms. The summed E-state index contributed by atoms with van der Waals surface area (Å²) in [6.07, 6.45) is 0.761. The molecule has 5 rings (SSSR count). The summed E-state index contributed by atoms with van der Waals surface area (Å²) < 4.78 is 53.1. The van der Waals surface area contributed by atoms with Gasteiger partial charge in [0.25, 0.3) is 5.92 Å². The van der Waals surface area contributed by atoms with Gasteiger partial charge in [-0.2, -0.15) is 4.98 Å². The van der Waals surface area contributed by atoms with Crippen LogP contribution in [0.3, 0.4) is 0 Å². The smallest absolute Gasteiger partial charge is 0.282 e. The molecule has 0 spiro atoms. The summed E-state index contributed by atoms with van der Waals surface area (Å²) in [6.45, 7) is 1.18. The van der Waals surface area contributed by atoms with Gasteiger partial charge < -0.3 is 10.2 Å². The van der Waals surface area contributed by atoms with Crippen LogP contribution < -0.4 is 10.2 Å². The molecular formula is C19H16F4N4S. The molecule has 1 saturated carbocycles. The van der Waals surface area contributed by atoms with Crippen LogP contribution in [0.2, 0.25) is 0 Å². The van der Waals surface area contributed by atoms with Crippen LogP contribution in [0.15, 0.2) is 24.3 Å². The lowest BCUT2D eigenvalue weighted by atomic mass is 10.1. The van der Waals surface area contributed by atoms with Crippen LogP contribution in [0.1, 0.15) is 22.8 Å². The summed E-state index contributed by atoms with van der Waals surface area (Å²) in [5.41, 5.74) is 0.728. The number of fused-ring (bicyclic) bond motifs is 1. The fourth-order valence-corrected chi connectivity index (χ4v) is 4.45. The number of aryl methyl sites for hydroxylation is 1. The van der Waals surface area contributed by atoms with E-state index in [2.05, 4.69) is 15.3 Å². The number of nitrogens with one attached hydrogen (secondary N) is 1. The maximum atomic E-state index is 13.5. The van der Waals surface area contributed by atoms with Crippen molar-refractivity contribution < 1.29 is 17.6 Å². The third kappa shape index (κ3) is 3.07. The van der Waals surface area contributed by atoms with Gasteiger partial charge in [-0.05, 0) is 37.1 Å². The molecule has 2 aliphatic rings. The van der Waals surface area contributed by atoms with Gasteiger partial charge in [-0.25, -0.2) is 22.5 Å². The van der Waals surface area contributed by atoms with Crippen LogP contribution in [0.25, 0.3) is 10.2 Å². The molecule has 146 valence electrons. The van der Waals surface area contributed by atoms with Crippen molar-refractivity contribution >= 4 is 33.3 Å². The van der Waals surface area contributed by atoms with E-state index in [4.69, 9.17) is 0 Å². The lowest BCUT2D eigenvalue weighted by Gasteiger charge is -2.38. The molecule has 4 nitrogen and oxygen atoms in total. The molecule has 3 heterocycles. The first-order valence-corrected chi connectivity index (χ1v) is 9.73. The van der Waals surface area contributed by atoms with Gasteiger partial charge in [0.15, 0.2) is 11.6 Å². The van der Waals surface area contributed by atoms with Gasteiger partial charge in [-0.1, -0.05) is 6.07 Å². The van der Waals surface area contributed by atoms with E-state index in [0.29, 0.717) is 5.82 Å². The van der Waals surface area contributed by atoms with Gasteiger partial charge in [-0.3, -0.25) is 0 Å². The Hall–Kier alpha value is -2.42. The van der Waals surface area contributed by atoms with Crippen molar-refractivity contribution in [3.63, 3.8) is 0 Å². The van der Waals surface area contributed by atoms with E-state index in [-0.39, 0.29) is 31.0 Å². The number of anilines is 2. The number of thiophene rings is 1. The second-order valence-corrected chi connectivity index (χ2v) is 8.66. The maximum Gasteiger partial charge on any atom is 0.282 e. The Bertz CT molecular complexity index is 1080. The summed E-state index contributed by atoms with van der Waals surface area (Å²) >= 11 is 1.48. The standard InChI is InChI=1S/C19H16F4N4S/c1-9-4-12-16(24-15-6-11(15)10-2-3-13(20)14(21)5-10)25-18(26-17(12)28-9)27-7-19(22,23)8-27/h2-5,11,15H,6-8H2,1H3,(H,24,25,26)/t11-,15+/m0/s1. The van der Waals surface area contributed by atoms with Crippen LogP contribution >= 0.6 is 11.3 Å². The number of aromatic nitrogens is 2. The first-order chi connectivity index (χ1) is 13.3. The first kappa shape index (κ1) is 17.7. The highest BCUT2D eigenvalue weighted by Gasteiger charge is 2.45. The monoisotopic (exact) mass is 408 g/mol. The molecule has 3 aromatic rings. The zero-order valence-electron chi connectivity index (χ0n) is 14.8. The van der Waals surface area contributed by atoms with Crippen molar-refractivity contribution in [3.05, 3.63) is 46.3 Å². The van der Waals surface area contributed by atoms with Crippen LogP contribution in [0.5, 0.6) is 0 Å². The quantitative estimate of drug-likeness (QED) is 0.636. The molecule has 1 N–H and O–H groups in total. The predicted molar refractivity (Wildman–Crippen MR) is 100 cm³/mol. The van der Waals surface area contributed by atoms with Crippen molar-refractivity contribution in [3.8, 4) is 0 Å². The minimum atomic E-state index is -2.70. The molecule has 9 heteroatoms. The van der Waals surface area contributed by atoms with Crippen molar-refractivity contribution in [2.75, 3.05) is 23.3 Å². The van der Waals surface area contributed by atoms with Crippen molar-refractivity contribution in [1.82, 2.24) is 9.97 Å². The van der Waals surface area contributed by atoms with Crippen LogP contribution in [-0.2, 0) is 0 Å². The third-order valence-electron chi connectivity index (χ3n) is 5.12. The largest absolute Gasteiger partial charge is 0.366 e. The first-order valence-electron chi connectivity index (χ1n) is 8.91. The molecule has 0 amide bonds. The zero-order valence-corrected chi connectivity index (χ0v) is 15.7. The van der Waals surface area contributed by atoms with E-state index in [1.54, 1.807) is 6.07 Å². The number of hydrogen-bond donors (Lipinski definition) is 1. The maximum absolute atomic E-state index is 13.5.